The van der Waals surface area contributed by atoms with E-state index < -0.39 is 0 Å². The topological polar surface area (TPSA) is 41.3 Å². The second kappa shape index (κ2) is 4.60. The highest BCUT2D eigenvalue weighted by Gasteiger charge is 2.38. The Hall–Kier alpha value is -0.120. The number of rotatable bonds is 3. The summed E-state index contributed by atoms with van der Waals surface area (Å²) in [5, 5.41) is 3.42. The first kappa shape index (κ1) is 10.4. The molecule has 0 atom stereocenters. The van der Waals surface area contributed by atoms with Crippen LogP contribution >= 0.6 is 0 Å². The molecule has 3 nitrogen and oxygen atoms in total. The maximum atomic E-state index is 5.76. The molecule has 14 heavy (non-hydrogen) atoms. The minimum atomic E-state index is 0.483. The van der Waals surface area contributed by atoms with Gasteiger partial charge in [-0.2, -0.15) is 0 Å². The van der Waals surface area contributed by atoms with Crippen LogP contribution in [0.15, 0.2) is 0 Å². The van der Waals surface area contributed by atoms with E-state index in [9.17, 15) is 0 Å². The summed E-state index contributed by atoms with van der Waals surface area (Å²) in [5.74, 6) is 0. The molecule has 1 heterocycles. The van der Waals surface area contributed by atoms with Gasteiger partial charge in [0, 0.05) is 31.7 Å². The van der Waals surface area contributed by atoms with Crippen molar-refractivity contribution in [2.45, 2.75) is 37.6 Å². The largest absolute Gasteiger partial charge is 0.330 e. The van der Waals surface area contributed by atoms with Crippen LogP contribution in [0.5, 0.6) is 0 Å². The monoisotopic (exact) mass is 197 g/mol. The fraction of sp³-hybridized carbons (Fsp3) is 1.00. The van der Waals surface area contributed by atoms with E-state index in [0.717, 1.165) is 19.6 Å². The molecule has 82 valence electrons. The van der Waals surface area contributed by atoms with Gasteiger partial charge in [-0.05, 0) is 25.8 Å². The standard InChI is InChI=1S/C11H23N3/c12-6-5-11(3-1-2-4-11)14-9-7-13-8-10-14/h13H,1-10,12H2. The predicted octanol–water partition coefficient (Wildman–Crippen LogP) is 0.553. The molecule has 0 amide bonds. The quantitative estimate of drug-likeness (QED) is 0.694. The molecule has 1 aliphatic heterocycles. The Kier molecular flexibility index (Phi) is 3.42. The molecule has 0 aromatic heterocycles. The van der Waals surface area contributed by atoms with E-state index in [1.54, 1.807) is 0 Å². The molecule has 2 rings (SSSR count). The lowest BCUT2D eigenvalue weighted by molar-refractivity contribution is 0.0719. The number of nitrogens with two attached hydrogens (primary N) is 1. The van der Waals surface area contributed by atoms with Crippen molar-refractivity contribution in [3.8, 4) is 0 Å². The van der Waals surface area contributed by atoms with Gasteiger partial charge in [0.25, 0.3) is 0 Å². The van der Waals surface area contributed by atoms with Crippen LogP contribution in [0.4, 0.5) is 0 Å². The van der Waals surface area contributed by atoms with Crippen LogP contribution in [0.1, 0.15) is 32.1 Å². The first-order valence-electron chi connectivity index (χ1n) is 6.03. The summed E-state index contributed by atoms with van der Waals surface area (Å²) in [6.07, 6.45) is 6.77. The van der Waals surface area contributed by atoms with Gasteiger partial charge in [0.2, 0.25) is 0 Å². The maximum Gasteiger partial charge on any atom is 0.0222 e. The Morgan fingerprint density at radius 1 is 1.14 bits per heavy atom. The van der Waals surface area contributed by atoms with Crippen LogP contribution in [-0.2, 0) is 0 Å². The lowest BCUT2D eigenvalue weighted by Gasteiger charge is -2.43. The lowest BCUT2D eigenvalue weighted by Crippen LogP contribution is -2.55. The summed E-state index contributed by atoms with van der Waals surface area (Å²) < 4.78 is 0. The van der Waals surface area contributed by atoms with Crippen LogP contribution < -0.4 is 11.1 Å². The van der Waals surface area contributed by atoms with Crippen LogP contribution in [0.2, 0.25) is 0 Å². The third-order valence-corrected chi connectivity index (χ3v) is 3.93. The Labute approximate surface area is 87.0 Å². The molecular weight excluding hydrogens is 174 g/mol. The molecule has 0 aromatic carbocycles. The normalized spacial score (nSPS) is 28.1. The molecule has 1 aliphatic carbocycles. The van der Waals surface area contributed by atoms with Crippen molar-refractivity contribution in [2.24, 2.45) is 5.73 Å². The molecule has 1 saturated heterocycles. The van der Waals surface area contributed by atoms with E-state index in [1.807, 2.05) is 0 Å². The molecule has 0 radical (unpaired) electrons. The van der Waals surface area contributed by atoms with E-state index in [4.69, 9.17) is 5.73 Å². The summed E-state index contributed by atoms with van der Waals surface area (Å²) in [7, 11) is 0. The Bertz CT molecular complexity index is 169. The van der Waals surface area contributed by atoms with Gasteiger partial charge in [-0.1, -0.05) is 12.8 Å². The minimum Gasteiger partial charge on any atom is -0.330 e. The van der Waals surface area contributed by atoms with Crippen LogP contribution in [0.3, 0.4) is 0 Å². The molecular formula is C11H23N3. The third-order valence-electron chi connectivity index (χ3n) is 3.93. The number of hydrogen-bond donors (Lipinski definition) is 2. The Morgan fingerprint density at radius 3 is 2.36 bits per heavy atom. The van der Waals surface area contributed by atoms with Crippen molar-refractivity contribution >= 4 is 0 Å². The number of hydrogen-bond acceptors (Lipinski definition) is 3. The van der Waals surface area contributed by atoms with E-state index in [-0.39, 0.29) is 0 Å². The fourth-order valence-corrected chi connectivity index (χ4v) is 3.17. The van der Waals surface area contributed by atoms with Gasteiger partial charge >= 0.3 is 0 Å². The summed E-state index contributed by atoms with van der Waals surface area (Å²) in [5.41, 5.74) is 6.24. The van der Waals surface area contributed by atoms with Gasteiger partial charge in [-0.15, -0.1) is 0 Å². The highest BCUT2D eigenvalue weighted by atomic mass is 15.2. The van der Waals surface area contributed by atoms with E-state index in [0.29, 0.717) is 5.54 Å². The molecule has 1 saturated carbocycles. The van der Waals surface area contributed by atoms with Crippen molar-refractivity contribution in [2.75, 3.05) is 32.7 Å². The molecule has 0 spiro atoms. The molecule has 2 aliphatic rings. The zero-order valence-corrected chi connectivity index (χ0v) is 9.10. The second-order valence-electron chi connectivity index (χ2n) is 4.71. The average molecular weight is 197 g/mol. The predicted molar refractivity (Wildman–Crippen MR) is 59.3 cm³/mol. The van der Waals surface area contributed by atoms with Gasteiger partial charge in [0.15, 0.2) is 0 Å². The number of piperazine rings is 1. The zero-order valence-electron chi connectivity index (χ0n) is 9.10. The summed E-state index contributed by atoms with van der Waals surface area (Å²) in [4.78, 5) is 2.70. The second-order valence-corrected chi connectivity index (χ2v) is 4.71. The number of nitrogens with zero attached hydrogens (tertiary/aromatic N) is 1. The van der Waals surface area contributed by atoms with Crippen LogP contribution in [-0.4, -0.2) is 43.2 Å². The molecule has 3 heteroatoms. The van der Waals surface area contributed by atoms with Gasteiger partial charge in [0.05, 0.1) is 0 Å². The van der Waals surface area contributed by atoms with Gasteiger partial charge in [0.1, 0.15) is 0 Å². The molecule has 0 bridgehead atoms. The first-order valence-corrected chi connectivity index (χ1v) is 6.03. The Balaban J connectivity index is 2.00. The van der Waals surface area contributed by atoms with Crippen molar-refractivity contribution in [1.29, 1.82) is 0 Å². The van der Waals surface area contributed by atoms with Gasteiger partial charge < -0.3 is 11.1 Å². The fourth-order valence-electron chi connectivity index (χ4n) is 3.17. The summed E-state index contributed by atoms with van der Waals surface area (Å²) >= 11 is 0. The van der Waals surface area contributed by atoms with Crippen molar-refractivity contribution < 1.29 is 0 Å². The minimum absolute atomic E-state index is 0.483. The third kappa shape index (κ3) is 1.95. The van der Waals surface area contributed by atoms with E-state index in [1.165, 1.54) is 45.2 Å². The van der Waals surface area contributed by atoms with E-state index in [2.05, 4.69) is 10.2 Å². The SMILES string of the molecule is NCCC1(N2CCNCC2)CCCC1. The highest BCUT2D eigenvalue weighted by molar-refractivity contribution is 4.96. The molecule has 0 aromatic rings. The van der Waals surface area contributed by atoms with Crippen molar-refractivity contribution in [1.82, 2.24) is 10.2 Å². The summed E-state index contributed by atoms with van der Waals surface area (Å²) in [6, 6.07) is 0. The van der Waals surface area contributed by atoms with Gasteiger partial charge in [-0.25, -0.2) is 0 Å². The Morgan fingerprint density at radius 2 is 1.79 bits per heavy atom. The van der Waals surface area contributed by atoms with Crippen molar-refractivity contribution in [3.05, 3.63) is 0 Å². The lowest BCUT2D eigenvalue weighted by atomic mass is 9.90. The molecule has 3 N–H and O–H groups in total. The maximum absolute atomic E-state index is 5.76. The van der Waals surface area contributed by atoms with Gasteiger partial charge in [-0.3, -0.25) is 4.90 Å². The number of nitrogens with one attached hydrogen (secondary N) is 1. The van der Waals surface area contributed by atoms with Crippen LogP contribution in [0, 0.1) is 0 Å². The first-order chi connectivity index (χ1) is 6.87. The molecule has 0 unspecified atom stereocenters. The van der Waals surface area contributed by atoms with E-state index >= 15 is 0 Å². The summed E-state index contributed by atoms with van der Waals surface area (Å²) in [6.45, 7) is 5.61. The smallest absolute Gasteiger partial charge is 0.0222 e. The molecule has 2 fully saturated rings. The van der Waals surface area contributed by atoms with Crippen LogP contribution in [0.25, 0.3) is 0 Å². The average Bonchev–Trinajstić information content (AvgIpc) is 2.70. The van der Waals surface area contributed by atoms with Crippen molar-refractivity contribution in [3.63, 3.8) is 0 Å². The highest BCUT2D eigenvalue weighted by Crippen LogP contribution is 2.37. The zero-order chi connectivity index (χ0) is 9.86.